The molecular formula is C13H8ClFO. The van der Waals surface area contributed by atoms with Crippen LogP contribution >= 0.6 is 11.6 Å². The van der Waals surface area contributed by atoms with Crippen molar-refractivity contribution < 1.29 is 9.18 Å². The Balaban J connectivity index is 2.64. The normalized spacial score (nSPS) is 10.1. The van der Waals surface area contributed by atoms with Crippen LogP contribution in [0.15, 0.2) is 42.5 Å². The van der Waals surface area contributed by atoms with E-state index in [9.17, 15) is 9.18 Å². The van der Waals surface area contributed by atoms with E-state index in [-0.39, 0.29) is 5.82 Å². The monoisotopic (exact) mass is 234 g/mol. The van der Waals surface area contributed by atoms with Gasteiger partial charge in [0.05, 0.1) is 5.02 Å². The highest BCUT2D eigenvalue weighted by molar-refractivity contribution is 6.33. The lowest BCUT2D eigenvalue weighted by Gasteiger charge is -2.06. The van der Waals surface area contributed by atoms with Gasteiger partial charge < -0.3 is 0 Å². The summed E-state index contributed by atoms with van der Waals surface area (Å²) in [5.41, 5.74) is 1.67. The Kier molecular flexibility index (Phi) is 3.02. The molecule has 16 heavy (non-hydrogen) atoms. The number of benzene rings is 2. The summed E-state index contributed by atoms with van der Waals surface area (Å²) in [5.74, 6) is -0.339. The minimum atomic E-state index is -0.339. The Morgan fingerprint density at radius 1 is 1.12 bits per heavy atom. The molecule has 0 bridgehead atoms. The van der Waals surface area contributed by atoms with Gasteiger partial charge in [0, 0.05) is 5.56 Å². The van der Waals surface area contributed by atoms with Crippen molar-refractivity contribution in [3.05, 3.63) is 58.9 Å². The molecule has 0 aliphatic heterocycles. The van der Waals surface area contributed by atoms with Gasteiger partial charge in [0.15, 0.2) is 6.29 Å². The van der Waals surface area contributed by atoms with Gasteiger partial charge in [-0.05, 0) is 29.3 Å². The molecule has 3 heteroatoms. The summed E-state index contributed by atoms with van der Waals surface area (Å²) >= 11 is 5.89. The van der Waals surface area contributed by atoms with E-state index in [0.717, 1.165) is 0 Å². The van der Waals surface area contributed by atoms with Gasteiger partial charge in [0.25, 0.3) is 0 Å². The third-order valence-corrected chi connectivity index (χ3v) is 2.64. The maximum absolute atomic E-state index is 13.1. The molecule has 2 rings (SSSR count). The average molecular weight is 235 g/mol. The third kappa shape index (κ3) is 1.97. The number of carbonyl (C=O) groups is 1. The van der Waals surface area contributed by atoms with Crippen LogP contribution in [0.1, 0.15) is 10.4 Å². The first kappa shape index (κ1) is 10.8. The fourth-order valence-electron chi connectivity index (χ4n) is 1.56. The van der Waals surface area contributed by atoms with E-state index >= 15 is 0 Å². The number of rotatable bonds is 2. The first-order chi connectivity index (χ1) is 7.72. The summed E-state index contributed by atoms with van der Waals surface area (Å²) < 4.78 is 13.1. The molecule has 0 saturated carbocycles. The van der Waals surface area contributed by atoms with E-state index in [4.69, 9.17) is 11.6 Å². The molecule has 0 atom stereocenters. The Hall–Kier alpha value is -1.67. The van der Waals surface area contributed by atoms with Gasteiger partial charge in [0.1, 0.15) is 5.82 Å². The quantitative estimate of drug-likeness (QED) is 0.719. The maximum Gasteiger partial charge on any atom is 0.152 e. The number of aldehydes is 1. The van der Waals surface area contributed by atoms with Crippen LogP contribution in [0.5, 0.6) is 0 Å². The first-order valence-corrected chi connectivity index (χ1v) is 5.10. The zero-order valence-electron chi connectivity index (χ0n) is 8.28. The van der Waals surface area contributed by atoms with E-state index in [1.165, 1.54) is 12.1 Å². The minimum Gasteiger partial charge on any atom is -0.298 e. The van der Waals surface area contributed by atoms with E-state index in [1.807, 2.05) is 0 Å². The van der Waals surface area contributed by atoms with Crippen molar-refractivity contribution in [1.82, 2.24) is 0 Å². The molecule has 2 aromatic rings. The smallest absolute Gasteiger partial charge is 0.152 e. The second kappa shape index (κ2) is 4.45. The van der Waals surface area contributed by atoms with Crippen LogP contribution < -0.4 is 0 Å². The molecule has 0 saturated heterocycles. The van der Waals surface area contributed by atoms with Gasteiger partial charge in [-0.15, -0.1) is 0 Å². The molecule has 0 amide bonds. The Morgan fingerprint density at radius 2 is 1.88 bits per heavy atom. The number of hydrogen-bond acceptors (Lipinski definition) is 1. The van der Waals surface area contributed by atoms with Crippen LogP contribution in [0.3, 0.4) is 0 Å². The average Bonchev–Trinajstić information content (AvgIpc) is 2.28. The van der Waals surface area contributed by atoms with Crippen molar-refractivity contribution >= 4 is 17.9 Å². The topological polar surface area (TPSA) is 17.1 Å². The van der Waals surface area contributed by atoms with Crippen LogP contribution in [-0.2, 0) is 0 Å². The number of halogens is 2. The molecular weight excluding hydrogens is 227 g/mol. The van der Waals surface area contributed by atoms with Gasteiger partial charge in [-0.1, -0.05) is 35.9 Å². The van der Waals surface area contributed by atoms with Crippen LogP contribution in [-0.4, -0.2) is 6.29 Å². The Bertz CT molecular complexity index is 537. The van der Waals surface area contributed by atoms with Crippen molar-refractivity contribution in [2.24, 2.45) is 0 Å². The highest BCUT2D eigenvalue weighted by atomic mass is 35.5. The molecule has 0 aliphatic rings. The number of carbonyl (C=O) groups excluding carboxylic acids is 1. The highest BCUT2D eigenvalue weighted by Gasteiger charge is 2.08. The van der Waals surface area contributed by atoms with Crippen molar-refractivity contribution in [2.45, 2.75) is 0 Å². The molecule has 0 heterocycles. The van der Waals surface area contributed by atoms with Gasteiger partial charge >= 0.3 is 0 Å². The van der Waals surface area contributed by atoms with Crippen molar-refractivity contribution in [1.29, 1.82) is 0 Å². The SMILES string of the molecule is O=Cc1c(Cl)cccc1-c1cccc(F)c1. The zero-order chi connectivity index (χ0) is 11.5. The van der Waals surface area contributed by atoms with E-state index in [1.54, 1.807) is 30.3 Å². The molecule has 0 N–H and O–H groups in total. The summed E-state index contributed by atoms with van der Waals surface area (Å²) in [5, 5.41) is 0.372. The van der Waals surface area contributed by atoms with Crippen LogP contribution in [0, 0.1) is 5.82 Å². The van der Waals surface area contributed by atoms with Crippen LogP contribution in [0.25, 0.3) is 11.1 Å². The standard InChI is InChI=1S/C13H8ClFO/c14-13-6-2-5-11(12(13)8-16)9-3-1-4-10(15)7-9/h1-8H. The second-order valence-electron chi connectivity index (χ2n) is 3.33. The van der Waals surface area contributed by atoms with Crippen molar-refractivity contribution in [3.8, 4) is 11.1 Å². The first-order valence-electron chi connectivity index (χ1n) is 4.72. The molecule has 0 fully saturated rings. The van der Waals surface area contributed by atoms with Crippen LogP contribution in [0.2, 0.25) is 5.02 Å². The fourth-order valence-corrected chi connectivity index (χ4v) is 1.78. The molecule has 0 aliphatic carbocycles. The van der Waals surface area contributed by atoms with Gasteiger partial charge in [-0.3, -0.25) is 4.79 Å². The predicted molar refractivity (Wildman–Crippen MR) is 62.2 cm³/mol. The van der Waals surface area contributed by atoms with Gasteiger partial charge in [-0.25, -0.2) is 4.39 Å². The van der Waals surface area contributed by atoms with Crippen molar-refractivity contribution in [3.63, 3.8) is 0 Å². The lowest BCUT2D eigenvalue weighted by molar-refractivity contribution is 0.112. The van der Waals surface area contributed by atoms with E-state index in [0.29, 0.717) is 28.0 Å². The summed E-state index contributed by atoms with van der Waals surface area (Å²) in [4.78, 5) is 10.9. The summed E-state index contributed by atoms with van der Waals surface area (Å²) in [6, 6.07) is 11.2. The lowest BCUT2D eigenvalue weighted by Crippen LogP contribution is -1.89. The second-order valence-corrected chi connectivity index (χ2v) is 3.74. The number of hydrogen-bond donors (Lipinski definition) is 0. The minimum absolute atomic E-state index is 0.339. The molecule has 0 spiro atoms. The molecule has 0 aromatic heterocycles. The fraction of sp³-hybridized carbons (Fsp3) is 0. The Morgan fingerprint density at radius 3 is 2.56 bits per heavy atom. The summed E-state index contributed by atoms with van der Waals surface area (Å²) in [6.07, 6.45) is 0.683. The molecule has 80 valence electrons. The van der Waals surface area contributed by atoms with E-state index < -0.39 is 0 Å². The summed E-state index contributed by atoms with van der Waals surface area (Å²) in [6.45, 7) is 0. The van der Waals surface area contributed by atoms with Gasteiger partial charge in [-0.2, -0.15) is 0 Å². The lowest BCUT2D eigenvalue weighted by atomic mass is 10.0. The highest BCUT2D eigenvalue weighted by Crippen LogP contribution is 2.28. The maximum atomic E-state index is 13.1. The molecule has 0 unspecified atom stereocenters. The third-order valence-electron chi connectivity index (χ3n) is 2.31. The Labute approximate surface area is 97.5 Å². The molecule has 1 nitrogen and oxygen atoms in total. The largest absolute Gasteiger partial charge is 0.298 e. The predicted octanol–water partition coefficient (Wildman–Crippen LogP) is 3.96. The molecule has 2 aromatic carbocycles. The van der Waals surface area contributed by atoms with Gasteiger partial charge in [0.2, 0.25) is 0 Å². The zero-order valence-corrected chi connectivity index (χ0v) is 9.04. The van der Waals surface area contributed by atoms with Crippen molar-refractivity contribution in [2.75, 3.05) is 0 Å². The summed E-state index contributed by atoms with van der Waals surface area (Å²) in [7, 11) is 0. The van der Waals surface area contributed by atoms with Crippen LogP contribution in [0.4, 0.5) is 4.39 Å². The molecule has 0 radical (unpaired) electrons. The van der Waals surface area contributed by atoms with E-state index in [2.05, 4.69) is 0 Å².